The van der Waals surface area contributed by atoms with Crippen LogP contribution in [0.4, 0.5) is 10.1 Å². The van der Waals surface area contributed by atoms with E-state index < -0.39 is 6.10 Å². The molecule has 1 N–H and O–H groups in total. The highest BCUT2D eigenvalue weighted by Crippen LogP contribution is 2.29. The van der Waals surface area contributed by atoms with Crippen LogP contribution in [0.15, 0.2) is 18.2 Å². The molecule has 0 bridgehead atoms. The Kier molecular flexibility index (Phi) is 6.29. The summed E-state index contributed by atoms with van der Waals surface area (Å²) in [6.07, 6.45) is 2.83. The van der Waals surface area contributed by atoms with E-state index in [0.29, 0.717) is 11.6 Å². The minimum Gasteiger partial charge on any atom is -0.389 e. The van der Waals surface area contributed by atoms with Crippen molar-refractivity contribution in [2.75, 3.05) is 11.4 Å². The number of halogens is 1. The first-order valence-electron chi connectivity index (χ1n) is 7.21. The smallest absolute Gasteiger partial charge is 0.123 e. The summed E-state index contributed by atoms with van der Waals surface area (Å²) >= 11 is 0. The van der Waals surface area contributed by atoms with Gasteiger partial charge >= 0.3 is 0 Å². The van der Waals surface area contributed by atoms with Crippen molar-refractivity contribution < 1.29 is 9.50 Å². The Hall–Kier alpha value is -1.09. The fourth-order valence-corrected chi connectivity index (χ4v) is 2.31. The molecule has 0 aromatic heterocycles. The molecule has 0 amide bonds. The van der Waals surface area contributed by atoms with Crippen molar-refractivity contribution >= 4 is 5.69 Å². The number of rotatable bonds is 7. The number of anilines is 1. The zero-order valence-electron chi connectivity index (χ0n) is 12.5. The van der Waals surface area contributed by atoms with Gasteiger partial charge < -0.3 is 10.0 Å². The minimum atomic E-state index is -0.655. The Balaban J connectivity index is 3.01. The monoisotopic (exact) mass is 267 g/mol. The third-order valence-electron chi connectivity index (χ3n) is 3.38. The van der Waals surface area contributed by atoms with Crippen molar-refractivity contribution in [3.05, 3.63) is 29.6 Å². The predicted molar refractivity (Wildman–Crippen MR) is 79.0 cm³/mol. The lowest BCUT2D eigenvalue weighted by Crippen LogP contribution is -2.32. The number of hydrogen-bond donors (Lipinski definition) is 1. The van der Waals surface area contributed by atoms with Crippen molar-refractivity contribution in [2.24, 2.45) is 0 Å². The van der Waals surface area contributed by atoms with Crippen molar-refractivity contribution in [1.29, 1.82) is 0 Å². The van der Waals surface area contributed by atoms with Gasteiger partial charge in [-0.05, 0) is 45.4 Å². The van der Waals surface area contributed by atoms with Crippen molar-refractivity contribution in [3.8, 4) is 0 Å². The second-order valence-electron chi connectivity index (χ2n) is 5.37. The van der Waals surface area contributed by atoms with E-state index in [9.17, 15) is 9.50 Å². The summed E-state index contributed by atoms with van der Waals surface area (Å²) in [5.41, 5.74) is 1.62. The molecule has 1 aromatic carbocycles. The Morgan fingerprint density at radius 1 is 1.21 bits per heavy atom. The lowest BCUT2D eigenvalue weighted by atomic mass is 10.1. The molecule has 19 heavy (non-hydrogen) atoms. The van der Waals surface area contributed by atoms with Crippen LogP contribution in [0, 0.1) is 5.82 Å². The number of nitrogens with zero attached hydrogens (tertiary/aromatic N) is 1. The van der Waals surface area contributed by atoms with E-state index in [1.54, 1.807) is 13.0 Å². The molecule has 1 rings (SSSR count). The molecule has 0 aliphatic heterocycles. The summed E-state index contributed by atoms with van der Waals surface area (Å²) in [4.78, 5) is 2.25. The van der Waals surface area contributed by atoms with E-state index in [0.717, 1.165) is 18.7 Å². The molecule has 0 radical (unpaired) electrons. The van der Waals surface area contributed by atoms with Crippen molar-refractivity contribution in [3.63, 3.8) is 0 Å². The lowest BCUT2D eigenvalue weighted by molar-refractivity contribution is 0.199. The van der Waals surface area contributed by atoms with Gasteiger partial charge in [0.05, 0.1) is 6.10 Å². The summed E-state index contributed by atoms with van der Waals surface area (Å²) in [7, 11) is 0. The van der Waals surface area contributed by atoms with Gasteiger partial charge in [0.1, 0.15) is 5.82 Å². The molecule has 0 aliphatic rings. The highest BCUT2D eigenvalue weighted by molar-refractivity contribution is 5.55. The molecule has 0 aliphatic carbocycles. The molecular weight excluding hydrogens is 241 g/mol. The van der Waals surface area contributed by atoms with E-state index in [2.05, 4.69) is 25.7 Å². The lowest BCUT2D eigenvalue weighted by Gasteiger charge is -2.31. The molecule has 3 heteroatoms. The van der Waals surface area contributed by atoms with Crippen LogP contribution in [-0.4, -0.2) is 17.7 Å². The molecule has 1 atom stereocenters. The summed E-state index contributed by atoms with van der Waals surface area (Å²) in [5, 5.41) is 9.84. The second-order valence-corrected chi connectivity index (χ2v) is 5.37. The Morgan fingerprint density at radius 2 is 1.89 bits per heavy atom. The summed E-state index contributed by atoms with van der Waals surface area (Å²) < 4.78 is 13.3. The fourth-order valence-electron chi connectivity index (χ4n) is 2.31. The molecule has 0 spiro atoms. The quantitative estimate of drug-likeness (QED) is 0.745. The molecule has 0 saturated heterocycles. The van der Waals surface area contributed by atoms with Crippen LogP contribution >= 0.6 is 0 Å². The van der Waals surface area contributed by atoms with Crippen LogP contribution in [0.2, 0.25) is 0 Å². The molecular formula is C16H26FNO. The number of hydrogen-bond acceptors (Lipinski definition) is 2. The van der Waals surface area contributed by atoms with Gasteiger partial charge in [-0.2, -0.15) is 0 Å². The normalized spacial score (nSPS) is 12.8. The first-order chi connectivity index (χ1) is 8.97. The number of aliphatic hydroxyl groups excluding tert-OH is 1. The molecule has 1 aromatic rings. The molecule has 0 unspecified atom stereocenters. The van der Waals surface area contributed by atoms with Crippen LogP contribution < -0.4 is 4.90 Å². The van der Waals surface area contributed by atoms with Crippen molar-refractivity contribution in [1.82, 2.24) is 0 Å². The molecule has 108 valence electrons. The fraction of sp³-hybridized carbons (Fsp3) is 0.625. The third-order valence-corrected chi connectivity index (χ3v) is 3.38. The highest BCUT2D eigenvalue weighted by atomic mass is 19.1. The van der Waals surface area contributed by atoms with E-state index in [4.69, 9.17) is 0 Å². The number of unbranched alkanes of at least 4 members (excludes halogenated alkanes) is 2. The standard InChI is InChI=1S/C16H26FNO/c1-5-6-7-10-18(12(2)3)16-9-8-14(17)11-15(16)13(4)19/h8-9,11-13,19H,5-7,10H2,1-4H3/t13-/m0/s1. The van der Waals surface area contributed by atoms with Crippen molar-refractivity contribution in [2.45, 2.75) is 59.1 Å². The first-order valence-corrected chi connectivity index (χ1v) is 7.21. The van der Waals surface area contributed by atoms with Crippen LogP contribution in [-0.2, 0) is 0 Å². The summed E-state index contributed by atoms with van der Waals surface area (Å²) in [5.74, 6) is -0.295. The number of benzene rings is 1. The second kappa shape index (κ2) is 7.49. The predicted octanol–water partition coefficient (Wildman–Crippen LogP) is 4.28. The topological polar surface area (TPSA) is 23.5 Å². The van der Waals surface area contributed by atoms with E-state index in [1.807, 2.05) is 0 Å². The summed E-state index contributed by atoms with van der Waals surface area (Å²) in [6, 6.07) is 5.02. The molecule has 2 nitrogen and oxygen atoms in total. The maximum absolute atomic E-state index is 13.3. The zero-order valence-corrected chi connectivity index (χ0v) is 12.5. The Bertz CT molecular complexity index is 390. The van der Waals surface area contributed by atoms with Gasteiger partial charge in [-0.25, -0.2) is 4.39 Å². The highest BCUT2D eigenvalue weighted by Gasteiger charge is 2.17. The van der Waals surface area contributed by atoms with Gasteiger partial charge in [0.15, 0.2) is 0 Å². The van der Waals surface area contributed by atoms with E-state index in [1.165, 1.54) is 25.0 Å². The number of aliphatic hydroxyl groups is 1. The Labute approximate surface area is 116 Å². The van der Waals surface area contributed by atoms with Crippen LogP contribution in [0.3, 0.4) is 0 Å². The van der Waals surface area contributed by atoms with E-state index in [-0.39, 0.29) is 5.82 Å². The van der Waals surface area contributed by atoms with E-state index >= 15 is 0 Å². The zero-order chi connectivity index (χ0) is 14.4. The third kappa shape index (κ3) is 4.50. The molecule has 0 heterocycles. The van der Waals surface area contributed by atoms with Gasteiger partial charge in [0.25, 0.3) is 0 Å². The minimum absolute atomic E-state index is 0.295. The maximum Gasteiger partial charge on any atom is 0.123 e. The van der Waals surface area contributed by atoms with Crippen LogP contribution in [0.5, 0.6) is 0 Å². The van der Waals surface area contributed by atoms with Gasteiger partial charge in [0, 0.05) is 23.8 Å². The molecule has 0 saturated carbocycles. The Morgan fingerprint density at radius 3 is 2.42 bits per heavy atom. The largest absolute Gasteiger partial charge is 0.389 e. The van der Waals surface area contributed by atoms with Crippen LogP contribution in [0.1, 0.15) is 58.6 Å². The first kappa shape index (κ1) is 16.0. The van der Waals surface area contributed by atoms with Gasteiger partial charge in [0.2, 0.25) is 0 Å². The van der Waals surface area contributed by atoms with Gasteiger partial charge in [-0.1, -0.05) is 19.8 Å². The maximum atomic E-state index is 13.3. The van der Waals surface area contributed by atoms with Crippen LogP contribution in [0.25, 0.3) is 0 Å². The van der Waals surface area contributed by atoms with Gasteiger partial charge in [-0.15, -0.1) is 0 Å². The summed E-state index contributed by atoms with van der Waals surface area (Å²) in [6.45, 7) is 9.06. The average molecular weight is 267 g/mol. The molecule has 0 fully saturated rings. The average Bonchev–Trinajstić information content (AvgIpc) is 2.35. The van der Waals surface area contributed by atoms with Gasteiger partial charge in [-0.3, -0.25) is 0 Å². The SMILES string of the molecule is CCCCCN(c1ccc(F)cc1[C@H](C)O)C(C)C.